The molecule has 3 aromatic heterocycles. The zero-order valence-corrected chi connectivity index (χ0v) is 21.2. The Morgan fingerprint density at radius 1 is 1.29 bits per heavy atom. The molecular formula is C20H26FN6OP3. The van der Waals surface area contributed by atoms with Gasteiger partial charge in [-0.15, -0.1) is 18.5 Å². The summed E-state index contributed by atoms with van der Waals surface area (Å²) in [6.45, 7) is 6.07. The average molecular weight is 478 g/mol. The Balaban J connectivity index is 1.68. The van der Waals surface area contributed by atoms with Gasteiger partial charge in [-0.05, 0) is 45.4 Å². The van der Waals surface area contributed by atoms with Gasteiger partial charge in [-0.3, -0.25) is 9.78 Å². The maximum atomic E-state index is 15.4. The normalized spacial score (nSPS) is 22.2. The van der Waals surface area contributed by atoms with Crippen molar-refractivity contribution in [2.45, 2.75) is 43.4 Å². The van der Waals surface area contributed by atoms with Gasteiger partial charge >= 0.3 is 0 Å². The molecule has 0 radical (unpaired) electrons. The third-order valence-corrected chi connectivity index (χ3v) is 6.47. The van der Waals surface area contributed by atoms with Gasteiger partial charge in [-0.1, -0.05) is 9.24 Å². The molecule has 1 aliphatic rings. The van der Waals surface area contributed by atoms with Gasteiger partial charge in [0.15, 0.2) is 0 Å². The van der Waals surface area contributed by atoms with Crippen LogP contribution in [0.25, 0.3) is 5.78 Å². The number of carbonyl (C=O) groups is 1. The van der Waals surface area contributed by atoms with Crippen molar-refractivity contribution in [2.24, 2.45) is 0 Å². The lowest BCUT2D eigenvalue weighted by Crippen LogP contribution is -2.48. The molecule has 164 valence electrons. The zero-order valence-electron chi connectivity index (χ0n) is 17.7. The number of nitrogens with zero attached hydrogens (tertiary/aromatic N) is 6. The van der Waals surface area contributed by atoms with Crippen molar-refractivity contribution in [3.05, 3.63) is 52.9 Å². The van der Waals surface area contributed by atoms with E-state index in [-0.39, 0.29) is 29.7 Å². The first-order chi connectivity index (χ1) is 14.4. The van der Waals surface area contributed by atoms with Crippen LogP contribution >= 0.6 is 27.7 Å². The van der Waals surface area contributed by atoms with E-state index in [1.807, 2.05) is 32.9 Å². The van der Waals surface area contributed by atoms with E-state index in [0.717, 1.165) is 17.1 Å². The summed E-state index contributed by atoms with van der Waals surface area (Å²) in [5.74, 6) is 0.00165. The van der Waals surface area contributed by atoms with Crippen LogP contribution in [0.3, 0.4) is 0 Å². The quantitative estimate of drug-likeness (QED) is 0.541. The Morgan fingerprint density at radius 2 is 2.03 bits per heavy atom. The minimum atomic E-state index is -1.61. The van der Waals surface area contributed by atoms with Crippen LogP contribution in [0.4, 0.5) is 4.39 Å². The summed E-state index contributed by atoms with van der Waals surface area (Å²) in [4.78, 5) is 27.8. The maximum absolute atomic E-state index is 15.4. The molecule has 1 amide bonds. The van der Waals surface area contributed by atoms with E-state index in [2.05, 4.69) is 47.8 Å². The molecule has 7 nitrogen and oxygen atoms in total. The molecule has 1 fully saturated rings. The number of hydrogen-bond acceptors (Lipinski definition) is 5. The van der Waals surface area contributed by atoms with Gasteiger partial charge in [-0.25, -0.2) is 13.9 Å². The number of pyridine rings is 1. The van der Waals surface area contributed by atoms with Crippen molar-refractivity contribution in [1.82, 2.24) is 29.5 Å². The Morgan fingerprint density at radius 3 is 2.71 bits per heavy atom. The Kier molecular flexibility index (Phi) is 5.87. The molecule has 1 aliphatic heterocycles. The Bertz CT molecular complexity index is 1160. The Labute approximate surface area is 187 Å². The van der Waals surface area contributed by atoms with Crippen molar-refractivity contribution in [2.75, 3.05) is 13.1 Å². The highest BCUT2D eigenvalue weighted by Crippen LogP contribution is 2.40. The first kappa shape index (κ1) is 22.6. The molecule has 5 atom stereocenters. The summed E-state index contributed by atoms with van der Waals surface area (Å²) >= 11 is 0. The van der Waals surface area contributed by atoms with E-state index in [1.54, 1.807) is 15.5 Å². The fraction of sp³-hybridized carbons (Fsp3) is 0.450. The summed E-state index contributed by atoms with van der Waals surface area (Å²) in [7, 11) is 7.72. The predicted octanol–water partition coefficient (Wildman–Crippen LogP) is 3.23. The van der Waals surface area contributed by atoms with Crippen LogP contribution in [-0.4, -0.2) is 53.9 Å². The number of fused-ring (bicyclic) bond motifs is 1. The van der Waals surface area contributed by atoms with Crippen LogP contribution in [0.1, 0.15) is 52.4 Å². The number of aryl methyl sites for hydroxylation is 2. The van der Waals surface area contributed by atoms with Crippen molar-refractivity contribution >= 4 is 39.4 Å². The van der Waals surface area contributed by atoms with Gasteiger partial charge in [0.2, 0.25) is 0 Å². The highest BCUT2D eigenvalue weighted by Gasteiger charge is 2.40. The second-order valence-electron chi connectivity index (χ2n) is 8.53. The van der Waals surface area contributed by atoms with Crippen LogP contribution in [0.15, 0.2) is 24.5 Å². The summed E-state index contributed by atoms with van der Waals surface area (Å²) in [6, 6.07) is 5.52. The van der Waals surface area contributed by atoms with Crippen LogP contribution in [-0.2, 0) is 4.90 Å². The minimum Gasteiger partial charge on any atom is -0.334 e. The highest BCUT2D eigenvalue weighted by molar-refractivity contribution is 7.38. The lowest BCUT2D eigenvalue weighted by molar-refractivity contribution is 0.0542. The molecule has 0 spiro atoms. The molecule has 11 heteroatoms. The topological polar surface area (TPSA) is 76.3 Å². The number of halogens is 1. The second-order valence-corrected chi connectivity index (χ2v) is 12.6. The SMILES string of the molecule is Cc1cc(C2CN(C(=O)c3ccc(C(C)(P)P)nc3C)CC(F)(P)C2)n2ncnc2n1. The molecule has 4 heterocycles. The smallest absolute Gasteiger partial charge is 0.255 e. The molecule has 0 aromatic carbocycles. The van der Waals surface area contributed by atoms with Gasteiger partial charge in [-0.2, -0.15) is 10.1 Å². The van der Waals surface area contributed by atoms with Gasteiger partial charge in [0.25, 0.3) is 11.7 Å². The molecule has 5 unspecified atom stereocenters. The number of alkyl halides is 1. The van der Waals surface area contributed by atoms with E-state index in [1.165, 1.54) is 6.33 Å². The Hall–Kier alpha value is -1.61. The summed E-state index contributed by atoms with van der Waals surface area (Å²) < 4.78 is 17.0. The van der Waals surface area contributed by atoms with Crippen molar-refractivity contribution in [3.63, 3.8) is 0 Å². The van der Waals surface area contributed by atoms with E-state index < -0.39 is 5.41 Å². The standard InChI is InChI=1S/C20H26FN6OP3/c1-11-6-15(27-18(24-11)22-10-23-27)13-7-20(21,31)9-26(8-13)17(28)14-4-5-16(19(3,29)30)25-12(14)2/h4-6,10,13H,7-9,29-31H2,1-3H3. The first-order valence-electron chi connectivity index (χ1n) is 9.95. The third kappa shape index (κ3) is 4.62. The molecule has 31 heavy (non-hydrogen) atoms. The van der Waals surface area contributed by atoms with E-state index >= 15 is 4.39 Å². The third-order valence-electron chi connectivity index (χ3n) is 5.46. The number of rotatable bonds is 3. The monoisotopic (exact) mass is 478 g/mol. The summed E-state index contributed by atoms with van der Waals surface area (Å²) in [6.07, 6.45) is 1.69. The molecule has 0 bridgehead atoms. The molecule has 0 aliphatic carbocycles. The summed E-state index contributed by atoms with van der Waals surface area (Å²) in [5, 5.41) is 2.65. The van der Waals surface area contributed by atoms with Crippen molar-refractivity contribution in [1.29, 1.82) is 0 Å². The molecule has 3 aromatic rings. The van der Waals surface area contributed by atoms with Gasteiger partial charge in [0.1, 0.15) is 11.7 Å². The lowest BCUT2D eigenvalue weighted by atomic mass is 9.92. The zero-order chi connectivity index (χ0) is 22.6. The fourth-order valence-corrected chi connectivity index (χ4v) is 4.87. The van der Waals surface area contributed by atoms with Gasteiger partial charge in [0.05, 0.1) is 29.2 Å². The largest absolute Gasteiger partial charge is 0.334 e. The van der Waals surface area contributed by atoms with E-state index in [9.17, 15) is 4.79 Å². The molecular weight excluding hydrogens is 452 g/mol. The summed E-state index contributed by atoms with van der Waals surface area (Å²) in [5.41, 5.74) is 3.54. The number of piperidine rings is 1. The van der Waals surface area contributed by atoms with E-state index in [0.29, 0.717) is 23.6 Å². The van der Waals surface area contributed by atoms with E-state index in [4.69, 9.17) is 0 Å². The molecule has 0 saturated carbocycles. The maximum Gasteiger partial charge on any atom is 0.255 e. The number of likely N-dealkylation sites (tertiary alicyclic amines) is 1. The molecule has 0 N–H and O–H groups in total. The van der Waals surface area contributed by atoms with Crippen molar-refractivity contribution < 1.29 is 9.18 Å². The van der Waals surface area contributed by atoms with Crippen LogP contribution in [0.2, 0.25) is 0 Å². The number of amides is 1. The fourth-order valence-electron chi connectivity index (χ4n) is 4.05. The van der Waals surface area contributed by atoms with Crippen LogP contribution in [0, 0.1) is 13.8 Å². The lowest BCUT2D eigenvalue weighted by Gasteiger charge is -2.40. The van der Waals surface area contributed by atoms with Gasteiger partial charge in [0, 0.05) is 23.1 Å². The number of aromatic nitrogens is 5. The molecule has 1 saturated heterocycles. The molecule has 4 rings (SSSR count). The number of carbonyl (C=O) groups excluding carboxylic acids is 1. The minimum absolute atomic E-state index is 0.00370. The second kappa shape index (κ2) is 8.06. The van der Waals surface area contributed by atoms with Gasteiger partial charge < -0.3 is 4.90 Å². The number of hydrogen-bond donors (Lipinski definition) is 0. The average Bonchev–Trinajstić information content (AvgIpc) is 3.13. The van der Waals surface area contributed by atoms with Crippen LogP contribution < -0.4 is 0 Å². The first-order valence-corrected chi connectivity index (χ1v) is 11.7. The predicted molar refractivity (Wildman–Crippen MR) is 128 cm³/mol. The van der Waals surface area contributed by atoms with Crippen molar-refractivity contribution in [3.8, 4) is 0 Å². The van der Waals surface area contributed by atoms with Crippen LogP contribution in [0.5, 0.6) is 0 Å². The highest BCUT2D eigenvalue weighted by atomic mass is 31.1.